The Hall–Kier alpha value is -1.53. The Morgan fingerprint density at radius 1 is 1.43 bits per heavy atom. The van der Waals surface area contributed by atoms with Crippen LogP contribution in [0.1, 0.15) is 19.8 Å². The van der Waals surface area contributed by atoms with Gasteiger partial charge in [0.05, 0.1) is 11.4 Å². The number of hydrogen-bond donors (Lipinski definition) is 1. The van der Waals surface area contributed by atoms with Gasteiger partial charge in [-0.25, -0.2) is 0 Å². The van der Waals surface area contributed by atoms with E-state index in [4.69, 9.17) is 5.73 Å². The van der Waals surface area contributed by atoms with E-state index < -0.39 is 0 Å². The van der Waals surface area contributed by atoms with E-state index in [1.54, 1.807) is 4.90 Å². The number of nitrogens with zero attached hydrogens (tertiary/aromatic N) is 2. The molecule has 2 aliphatic rings. The van der Waals surface area contributed by atoms with Gasteiger partial charge in [0.15, 0.2) is 0 Å². The molecule has 0 saturated carbocycles. The summed E-state index contributed by atoms with van der Waals surface area (Å²) in [6, 6.07) is 7.87. The summed E-state index contributed by atoms with van der Waals surface area (Å²) < 4.78 is 0. The summed E-state index contributed by atoms with van der Waals surface area (Å²) in [4.78, 5) is 29.5. The van der Waals surface area contributed by atoms with Crippen molar-refractivity contribution < 1.29 is 9.59 Å². The molecule has 1 saturated heterocycles. The Kier molecular flexibility index (Phi) is 4.92. The number of nitrogens with two attached hydrogens (primary N) is 1. The lowest BCUT2D eigenvalue weighted by Crippen LogP contribution is -2.50. The monoisotopic (exact) mass is 333 g/mol. The molecule has 2 N–H and O–H groups in total. The molecule has 3 rings (SSSR count). The van der Waals surface area contributed by atoms with Gasteiger partial charge in [0.1, 0.15) is 6.54 Å². The number of amides is 2. The standard InChI is InChI=1S/C17H23N3O2S/c1-12(18)13-5-4-8-19(9-13)16(21)10-20-14-6-2-3-7-15(14)23-11-17(20)22/h2-3,6-7,12-13H,4-5,8-11,18H2,1H3. The molecular formula is C17H23N3O2S. The van der Waals surface area contributed by atoms with Crippen LogP contribution in [0.5, 0.6) is 0 Å². The lowest BCUT2D eigenvalue weighted by atomic mass is 9.92. The minimum Gasteiger partial charge on any atom is -0.341 e. The van der Waals surface area contributed by atoms with Crippen molar-refractivity contribution in [1.82, 2.24) is 4.90 Å². The van der Waals surface area contributed by atoms with Crippen molar-refractivity contribution in [3.63, 3.8) is 0 Å². The van der Waals surface area contributed by atoms with Crippen LogP contribution in [-0.4, -0.2) is 48.1 Å². The topological polar surface area (TPSA) is 66.6 Å². The molecule has 1 aromatic rings. The van der Waals surface area contributed by atoms with Crippen molar-refractivity contribution in [2.24, 2.45) is 11.7 Å². The zero-order valence-corrected chi connectivity index (χ0v) is 14.2. The van der Waals surface area contributed by atoms with Gasteiger partial charge in [0.25, 0.3) is 0 Å². The highest BCUT2D eigenvalue weighted by Gasteiger charge is 2.30. The number of para-hydroxylation sites is 1. The van der Waals surface area contributed by atoms with E-state index in [1.807, 2.05) is 36.1 Å². The molecular weight excluding hydrogens is 310 g/mol. The highest BCUT2D eigenvalue weighted by molar-refractivity contribution is 8.00. The molecule has 0 bridgehead atoms. The summed E-state index contributed by atoms with van der Waals surface area (Å²) in [5, 5.41) is 0. The minimum absolute atomic E-state index is 0.00259. The van der Waals surface area contributed by atoms with E-state index in [1.165, 1.54) is 11.8 Å². The third-order valence-electron chi connectivity index (χ3n) is 4.66. The number of anilines is 1. The Balaban J connectivity index is 1.71. The summed E-state index contributed by atoms with van der Waals surface area (Å²) in [7, 11) is 0. The minimum atomic E-state index is 0.00259. The van der Waals surface area contributed by atoms with E-state index >= 15 is 0 Å². The van der Waals surface area contributed by atoms with Crippen molar-refractivity contribution >= 4 is 29.3 Å². The molecule has 2 atom stereocenters. The van der Waals surface area contributed by atoms with Crippen LogP contribution in [0.25, 0.3) is 0 Å². The molecule has 2 heterocycles. The summed E-state index contributed by atoms with van der Waals surface area (Å²) in [6.45, 7) is 3.60. The largest absolute Gasteiger partial charge is 0.341 e. The second-order valence-corrected chi connectivity index (χ2v) is 7.35. The first kappa shape index (κ1) is 16.3. The highest BCUT2D eigenvalue weighted by atomic mass is 32.2. The molecule has 124 valence electrons. The number of benzene rings is 1. The number of fused-ring (bicyclic) bond motifs is 1. The number of carbonyl (C=O) groups is 2. The first-order chi connectivity index (χ1) is 11.1. The van der Waals surface area contributed by atoms with Crippen molar-refractivity contribution in [2.75, 3.05) is 30.3 Å². The zero-order chi connectivity index (χ0) is 16.4. The van der Waals surface area contributed by atoms with Crippen LogP contribution in [0.4, 0.5) is 5.69 Å². The maximum absolute atomic E-state index is 12.7. The van der Waals surface area contributed by atoms with Gasteiger partial charge >= 0.3 is 0 Å². The first-order valence-electron chi connectivity index (χ1n) is 8.12. The summed E-state index contributed by atoms with van der Waals surface area (Å²) in [6.07, 6.45) is 2.06. The molecule has 0 spiro atoms. The van der Waals surface area contributed by atoms with E-state index in [0.29, 0.717) is 18.2 Å². The van der Waals surface area contributed by atoms with Crippen LogP contribution in [0, 0.1) is 5.92 Å². The average molecular weight is 333 g/mol. The molecule has 1 fully saturated rings. The van der Waals surface area contributed by atoms with Gasteiger partial charge in [-0.05, 0) is 37.8 Å². The van der Waals surface area contributed by atoms with Crippen LogP contribution >= 0.6 is 11.8 Å². The number of likely N-dealkylation sites (tertiary alicyclic amines) is 1. The maximum Gasteiger partial charge on any atom is 0.242 e. The second kappa shape index (κ2) is 6.93. The van der Waals surface area contributed by atoms with Gasteiger partial charge in [-0.2, -0.15) is 0 Å². The third kappa shape index (κ3) is 3.53. The fourth-order valence-electron chi connectivity index (χ4n) is 3.23. The highest BCUT2D eigenvalue weighted by Crippen LogP contribution is 2.34. The van der Waals surface area contributed by atoms with Crippen molar-refractivity contribution in [3.05, 3.63) is 24.3 Å². The van der Waals surface area contributed by atoms with Crippen LogP contribution in [0.3, 0.4) is 0 Å². The first-order valence-corrected chi connectivity index (χ1v) is 9.10. The normalized spacial score (nSPS) is 22.7. The van der Waals surface area contributed by atoms with Crippen LogP contribution < -0.4 is 10.6 Å². The fraction of sp³-hybridized carbons (Fsp3) is 0.529. The molecule has 0 aromatic heterocycles. The van der Waals surface area contributed by atoms with Gasteiger partial charge in [-0.1, -0.05) is 12.1 Å². The quantitative estimate of drug-likeness (QED) is 0.914. The Morgan fingerprint density at radius 2 is 2.22 bits per heavy atom. The SMILES string of the molecule is CC(N)C1CCCN(C(=O)CN2C(=O)CSc3ccccc32)C1. The van der Waals surface area contributed by atoms with E-state index in [2.05, 4.69) is 0 Å². The molecule has 23 heavy (non-hydrogen) atoms. The molecule has 5 nitrogen and oxygen atoms in total. The number of piperidine rings is 1. The lowest BCUT2D eigenvalue weighted by Gasteiger charge is -2.36. The van der Waals surface area contributed by atoms with Crippen molar-refractivity contribution in [2.45, 2.75) is 30.7 Å². The van der Waals surface area contributed by atoms with E-state index in [9.17, 15) is 9.59 Å². The van der Waals surface area contributed by atoms with Crippen LogP contribution in [0.15, 0.2) is 29.2 Å². The number of hydrogen-bond acceptors (Lipinski definition) is 4. The summed E-state index contributed by atoms with van der Waals surface area (Å²) in [5.74, 6) is 0.771. The molecule has 2 unspecified atom stereocenters. The van der Waals surface area contributed by atoms with E-state index in [0.717, 1.165) is 30.0 Å². The summed E-state index contributed by atoms with van der Waals surface area (Å²) in [5.41, 5.74) is 6.84. The van der Waals surface area contributed by atoms with Gasteiger partial charge in [-0.3, -0.25) is 9.59 Å². The smallest absolute Gasteiger partial charge is 0.242 e. The van der Waals surface area contributed by atoms with E-state index in [-0.39, 0.29) is 24.4 Å². The van der Waals surface area contributed by atoms with Gasteiger partial charge in [0.2, 0.25) is 11.8 Å². The molecule has 0 radical (unpaired) electrons. The molecule has 1 aromatic carbocycles. The Labute approximate surface area is 141 Å². The van der Waals surface area contributed by atoms with Crippen LogP contribution in [-0.2, 0) is 9.59 Å². The number of thioether (sulfide) groups is 1. The lowest BCUT2D eigenvalue weighted by molar-refractivity contribution is -0.132. The predicted molar refractivity (Wildman–Crippen MR) is 92.5 cm³/mol. The fourth-order valence-corrected chi connectivity index (χ4v) is 4.16. The van der Waals surface area contributed by atoms with Crippen LogP contribution in [0.2, 0.25) is 0 Å². The average Bonchev–Trinajstić information content (AvgIpc) is 2.57. The molecule has 2 amide bonds. The number of carbonyl (C=O) groups excluding carboxylic acids is 2. The summed E-state index contributed by atoms with van der Waals surface area (Å²) >= 11 is 1.53. The third-order valence-corrected chi connectivity index (χ3v) is 5.70. The molecule has 0 aliphatic carbocycles. The Bertz CT molecular complexity index is 605. The maximum atomic E-state index is 12.7. The van der Waals surface area contributed by atoms with Crippen molar-refractivity contribution in [3.8, 4) is 0 Å². The molecule has 2 aliphatic heterocycles. The number of rotatable bonds is 3. The van der Waals surface area contributed by atoms with Gasteiger partial charge in [-0.15, -0.1) is 11.8 Å². The van der Waals surface area contributed by atoms with Gasteiger partial charge in [0, 0.05) is 24.0 Å². The zero-order valence-electron chi connectivity index (χ0n) is 13.4. The molecule has 6 heteroatoms. The van der Waals surface area contributed by atoms with Crippen molar-refractivity contribution in [1.29, 1.82) is 0 Å². The van der Waals surface area contributed by atoms with Gasteiger partial charge < -0.3 is 15.5 Å². The Morgan fingerprint density at radius 3 is 3.00 bits per heavy atom. The predicted octanol–water partition coefficient (Wildman–Crippen LogP) is 1.71. The second-order valence-electron chi connectivity index (χ2n) is 6.34.